The van der Waals surface area contributed by atoms with Gasteiger partial charge in [0.25, 0.3) is 5.91 Å². The Hall–Kier alpha value is -2.74. The molecule has 38 heavy (non-hydrogen) atoms. The second-order valence-electron chi connectivity index (χ2n) is 10.7. The highest BCUT2D eigenvalue weighted by atomic mass is 35.5. The lowest BCUT2D eigenvalue weighted by molar-refractivity contribution is -0.122. The summed E-state index contributed by atoms with van der Waals surface area (Å²) < 4.78 is 14.3. The van der Waals surface area contributed by atoms with Crippen molar-refractivity contribution in [3.63, 3.8) is 0 Å². The Morgan fingerprint density at radius 3 is 2.50 bits per heavy atom. The number of piperidine rings is 1. The van der Waals surface area contributed by atoms with E-state index in [1.807, 2.05) is 24.4 Å². The van der Waals surface area contributed by atoms with Gasteiger partial charge in [-0.2, -0.15) is 0 Å². The van der Waals surface area contributed by atoms with Crippen LogP contribution >= 0.6 is 11.6 Å². The van der Waals surface area contributed by atoms with Gasteiger partial charge in [-0.25, -0.2) is 4.39 Å². The van der Waals surface area contributed by atoms with Gasteiger partial charge in [0.05, 0.1) is 16.6 Å². The number of nitrogens with one attached hydrogen (secondary N) is 1. The molecule has 2 saturated heterocycles. The van der Waals surface area contributed by atoms with E-state index in [9.17, 15) is 14.0 Å². The van der Waals surface area contributed by atoms with Crippen molar-refractivity contribution in [3.05, 3.63) is 82.3 Å². The van der Waals surface area contributed by atoms with Crippen LogP contribution in [-0.4, -0.2) is 72.3 Å². The number of carbonyl (C=O) groups is 2. The number of nitrogens with zero attached hydrogens (tertiary/aromatic N) is 3. The maximum Gasteiger partial charge on any atom is 0.262 e. The fourth-order valence-corrected chi connectivity index (χ4v) is 6.12. The largest absolute Gasteiger partial charge is 0.349 e. The zero-order valence-corrected chi connectivity index (χ0v) is 22.5. The van der Waals surface area contributed by atoms with Gasteiger partial charge in [-0.3, -0.25) is 14.5 Å². The van der Waals surface area contributed by atoms with Crippen LogP contribution in [0.2, 0.25) is 5.02 Å². The predicted molar refractivity (Wildman–Crippen MR) is 147 cm³/mol. The van der Waals surface area contributed by atoms with Gasteiger partial charge >= 0.3 is 0 Å². The Morgan fingerprint density at radius 2 is 1.76 bits per heavy atom. The van der Waals surface area contributed by atoms with Crippen LogP contribution in [0.4, 0.5) is 4.39 Å². The molecule has 1 N–H and O–H groups in total. The molecule has 0 bridgehead atoms. The van der Waals surface area contributed by atoms with Gasteiger partial charge in [-0.1, -0.05) is 54.4 Å². The number of fused-ring (bicyclic) bond motifs is 1. The van der Waals surface area contributed by atoms with Crippen molar-refractivity contribution in [1.29, 1.82) is 0 Å². The highest BCUT2D eigenvalue weighted by molar-refractivity contribution is 6.33. The minimum Gasteiger partial charge on any atom is -0.349 e. The van der Waals surface area contributed by atoms with Crippen molar-refractivity contribution in [2.45, 2.75) is 38.1 Å². The Bertz CT molecular complexity index is 1150. The molecule has 3 heterocycles. The van der Waals surface area contributed by atoms with Crippen LogP contribution in [0, 0.1) is 11.7 Å². The standard InChI is InChI=1S/C30H36ClFN4O2/c31-25-10-7-11-26(32)29(25)30(38)36-20-23-18-35(19-24(23)21-36)16-12-27(22-8-3-1-4-9-22)33-28(37)13-17-34-14-5-2-6-15-34/h1,3-4,7-11,20,24,27H,2,5-6,12-19,21H2,(H,33,37)/t24?,27-/m0/s1. The SMILES string of the molecule is O=C(CCN1CCCCC1)N[C@@H](CCN1CC2=CN(C(=O)c3c(F)cccc3Cl)CC2C1)c1ccccc1. The number of rotatable bonds is 9. The summed E-state index contributed by atoms with van der Waals surface area (Å²) >= 11 is 6.11. The van der Waals surface area contributed by atoms with Gasteiger partial charge in [0, 0.05) is 51.3 Å². The van der Waals surface area contributed by atoms with Gasteiger partial charge in [-0.15, -0.1) is 0 Å². The van der Waals surface area contributed by atoms with Crippen LogP contribution in [0.5, 0.6) is 0 Å². The molecule has 2 aromatic rings. The van der Waals surface area contributed by atoms with Crippen molar-refractivity contribution >= 4 is 23.4 Å². The van der Waals surface area contributed by atoms with Crippen molar-refractivity contribution in [1.82, 2.24) is 20.0 Å². The molecule has 3 aliphatic rings. The van der Waals surface area contributed by atoms with Gasteiger partial charge in [0.1, 0.15) is 5.82 Å². The first-order valence-corrected chi connectivity index (χ1v) is 14.1. The van der Waals surface area contributed by atoms with E-state index in [1.54, 1.807) is 11.0 Å². The number of hydrogen-bond donors (Lipinski definition) is 1. The van der Waals surface area contributed by atoms with Crippen LogP contribution in [0.3, 0.4) is 0 Å². The lowest BCUT2D eigenvalue weighted by Gasteiger charge is -2.27. The van der Waals surface area contributed by atoms with Crippen molar-refractivity contribution in [3.8, 4) is 0 Å². The van der Waals surface area contributed by atoms with Crippen molar-refractivity contribution in [2.24, 2.45) is 5.92 Å². The number of likely N-dealkylation sites (tertiary alicyclic amines) is 2. The van der Waals surface area contributed by atoms with E-state index in [1.165, 1.54) is 37.0 Å². The topological polar surface area (TPSA) is 55.9 Å². The zero-order chi connectivity index (χ0) is 26.5. The molecular weight excluding hydrogens is 503 g/mol. The molecule has 8 heteroatoms. The zero-order valence-electron chi connectivity index (χ0n) is 21.8. The fraction of sp³-hybridized carbons (Fsp3) is 0.467. The summed E-state index contributed by atoms with van der Waals surface area (Å²) in [6.45, 7) is 5.99. The molecule has 2 fully saturated rings. The molecule has 1 unspecified atom stereocenters. The number of carbonyl (C=O) groups excluding carboxylic acids is 2. The summed E-state index contributed by atoms with van der Waals surface area (Å²) in [6.07, 6.45) is 6.95. The van der Waals surface area contributed by atoms with Gasteiger partial charge < -0.3 is 15.1 Å². The van der Waals surface area contributed by atoms with Crippen molar-refractivity contribution in [2.75, 3.05) is 45.8 Å². The van der Waals surface area contributed by atoms with Crippen LogP contribution in [0.15, 0.2) is 60.3 Å². The normalized spacial score (nSPS) is 20.7. The van der Waals surface area contributed by atoms with E-state index in [0.717, 1.165) is 51.3 Å². The van der Waals surface area contributed by atoms with E-state index in [2.05, 4.69) is 27.2 Å². The predicted octanol–water partition coefficient (Wildman–Crippen LogP) is 4.87. The highest BCUT2D eigenvalue weighted by Gasteiger charge is 2.36. The van der Waals surface area contributed by atoms with Gasteiger partial charge in [-0.05, 0) is 55.6 Å². The van der Waals surface area contributed by atoms with E-state index in [4.69, 9.17) is 11.6 Å². The highest BCUT2D eigenvalue weighted by Crippen LogP contribution is 2.32. The van der Waals surface area contributed by atoms with Crippen LogP contribution in [0.25, 0.3) is 0 Å². The minimum atomic E-state index is -0.593. The number of amides is 2. The molecule has 2 aromatic carbocycles. The summed E-state index contributed by atoms with van der Waals surface area (Å²) in [5.41, 5.74) is 2.24. The average Bonchev–Trinajstić information content (AvgIpc) is 3.50. The molecule has 0 radical (unpaired) electrons. The number of hydrogen-bond acceptors (Lipinski definition) is 4. The summed E-state index contributed by atoms with van der Waals surface area (Å²) in [6, 6.07) is 14.4. The first kappa shape index (κ1) is 26.9. The van der Waals surface area contributed by atoms with E-state index in [0.29, 0.717) is 13.0 Å². The molecule has 0 spiro atoms. The number of halogens is 2. The van der Waals surface area contributed by atoms with Crippen LogP contribution < -0.4 is 5.32 Å². The maximum absolute atomic E-state index is 14.3. The maximum atomic E-state index is 14.3. The summed E-state index contributed by atoms with van der Waals surface area (Å²) in [4.78, 5) is 32.2. The Labute approximate surface area is 229 Å². The molecule has 202 valence electrons. The van der Waals surface area contributed by atoms with Gasteiger partial charge in [0.15, 0.2) is 0 Å². The van der Waals surface area contributed by atoms with E-state index in [-0.39, 0.29) is 28.5 Å². The fourth-order valence-electron chi connectivity index (χ4n) is 5.88. The number of benzene rings is 2. The monoisotopic (exact) mass is 538 g/mol. The summed E-state index contributed by atoms with van der Waals surface area (Å²) in [5.74, 6) is -0.646. The third-order valence-corrected chi connectivity index (χ3v) is 8.28. The smallest absolute Gasteiger partial charge is 0.262 e. The van der Waals surface area contributed by atoms with Crippen LogP contribution in [-0.2, 0) is 4.79 Å². The second-order valence-corrected chi connectivity index (χ2v) is 11.1. The summed E-state index contributed by atoms with van der Waals surface area (Å²) in [5, 5.41) is 3.43. The molecule has 0 saturated carbocycles. The summed E-state index contributed by atoms with van der Waals surface area (Å²) in [7, 11) is 0. The second kappa shape index (κ2) is 12.4. The third kappa shape index (κ3) is 6.45. The Balaban J connectivity index is 1.16. The first-order chi connectivity index (χ1) is 18.5. The van der Waals surface area contributed by atoms with Gasteiger partial charge in [0.2, 0.25) is 5.91 Å². The first-order valence-electron chi connectivity index (χ1n) is 13.7. The average molecular weight is 539 g/mol. The Morgan fingerprint density at radius 1 is 0.974 bits per heavy atom. The molecule has 3 aliphatic heterocycles. The molecule has 0 aliphatic carbocycles. The third-order valence-electron chi connectivity index (χ3n) is 7.96. The molecule has 6 nitrogen and oxygen atoms in total. The molecule has 2 atom stereocenters. The Kier molecular flexibility index (Phi) is 8.77. The molecule has 0 aromatic heterocycles. The minimum absolute atomic E-state index is 0.0410. The van der Waals surface area contributed by atoms with Crippen LogP contribution in [0.1, 0.15) is 54.1 Å². The molecule has 2 amide bonds. The lowest BCUT2D eigenvalue weighted by atomic mass is 10.0. The van der Waals surface area contributed by atoms with E-state index >= 15 is 0 Å². The quantitative estimate of drug-likeness (QED) is 0.495. The molecule has 5 rings (SSSR count). The van der Waals surface area contributed by atoms with Crippen molar-refractivity contribution < 1.29 is 14.0 Å². The lowest BCUT2D eigenvalue weighted by Crippen LogP contribution is -2.36. The van der Waals surface area contributed by atoms with E-state index < -0.39 is 11.7 Å². The molecular formula is C30H36ClFN4O2.